The molecule has 0 amide bonds. The van der Waals surface area contributed by atoms with Crippen molar-refractivity contribution < 1.29 is 4.39 Å². The van der Waals surface area contributed by atoms with Crippen molar-refractivity contribution in [3.8, 4) is 11.4 Å². The van der Waals surface area contributed by atoms with E-state index < -0.39 is 0 Å². The van der Waals surface area contributed by atoms with Crippen LogP contribution in [0.1, 0.15) is 5.56 Å². The molecule has 138 valence electrons. The molecule has 2 aromatic carbocycles. The lowest BCUT2D eigenvalue weighted by Crippen LogP contribution is -2.05. The van der Waals surface area contributed by atoms with Crippen LogP contribution < -0.4 is 10.6 Å². The molecule has 0 unspecified atom stereocenters. The average molecular weight is 371 g/mol. The third kappa shape index (κ3) is 4.48. The highest BCUT2D eigenvalue weighted by atomic mass is 19.1. The molecular weight excluding hydrogens is 353 g/mol. The highest BCUT2D eigenvalue weighted by Crippen LogP contribution is 2.23. The molecule has 0 aliphatic rings. The summed E-state index contributed by atoms with van der Waals surface area (Å²) >= 11 is 0. The summed E-state index contributed by atoms with van der Waals surface area (Å²) < 4.78 is 13.5. The fraction of sp³-hybridized carbons (Fsp3) is 0.0455. The van der Waals surface area contributed by atoms with E-state index in [4.69, 9.17) is 0 Å². The molecule has 0 fully saturated rings. The van der Waals surface area contributed by atoms with Gasteiger partial charge in [0.15, 0.2) is 5.82 Å². The van der Waals surface area contributed by atoms with Gasteiger partial charge in [-0.05, 0) is 29.8 Å². The molecule has 2 aromatic heterocycles. The Bertz CT molecular complexity index is 1050. The first-order valence-electron chi connectivity index (χ1n) is 8.86. The summed E-state index contributed by atoms with van der Waals surface area (Å²) in [7, 11) is 0. The predicted molar refractivity (Wildman–Crippen MR) is 109 cm³/mol. The summed E-state index contributed by atoms with van der Waals surface area (Å²) in [6.45, 7) is 0.582. The number of aromatic nitrogens is 3. The summed E-state index contributed by atoms with van der Waals surface area (Å²) in [5, 5.41) is 6.45. The maximum atomic E-state index is 13.5. The number of hydrogen-bond donors (Lipinski definition) is 2. The van der Waals surface area contributed by atoms with Crippen molar-refractivity contribution in [1.29, 1.82) is 0 Å². The van der Waals surface area contributed by atoms with E-state index in [0.717, 1.165) is 11.1 Å². The molecule has 0 atom stereocenters. The summed E-state index contributed by atoms with van der Waals surface area (Å²) in [5.74, 6) is 1.51. The Hall–Kier alpha value is -3.80. The van der Waals surface area contributed by atoms with Crippen molar-refractivity contribution >= 4 is 17.3 Å². The third-order valence-electron chi connectivity index (χ3n) is 4.05. The number of nitrogens with one attached hydrogen (secondary N) is 2. The number of hydrogen-bond acceptors (Lipinski definition) is 5. The normalized spacial score (nSPS) is 10.5. The molecule has 0 saturated carbocycles. The fourth-order valence-electron chi connectivity index (χ4n) is 2.73. The van der Waals surface area contributed by atoms with Gasteiger partial charge in [-0.2, -0.15) is 0 Å². The van der Waals surface area contributed by atoms with Gasteiger partial charge in [0.25, 0.3) is 0 Å². The van der Waals surface area contributed by atoms with Gasteiger partial charge in [-0.1, -0.05) is 42.5 Å². The van der Waals surface area contributed by atoms with E-state index in [-0.39, 0.29) is 5.82 Å². The van der Waals surface area contributed by atoms with E-state index in [9.17, 15) is 4.39 Å². The predicted octanol–water partition coefficient (Wildman–Crippen LogP) is 5.03. The van der Waals surface area contributed by atoms with Crippen LogP contribution in [0.15, 0.2) is 85.2 Å². The number of pyridine rings is 1. The Kier molecular flexibility index (Phi) is 5.20. The smallest absolute Gasteiger partial charge is 0.163 e. The monoisotopic (exact) mass is 371 g/mol. The minimum atomic E-state index is -0.308. The van der Waals surface area contributed by atoms with Crippen molar-refractivity contribution in [2.24, 2.45) is 0 Å². The molecule has 0 radical (unpaired) electrons. The van der Waals surface area contributed by atoms with Gasteiger partial charge in [0.1, 0.15) is 17.5 Å². The fourth-order valence-corrected chi connectivity index (χ4v) is 2.73. The van der Waals surface area contributed by atoms with Crippen LogP contribution in [0.4, 0.5) is 21.7 Å². The molecular formula is C22H18FN5. The molecule has 4 rings (SSSR count). The number of nitrogens with zero attached hydrogens (tertiary/aromatic N) is 3. The van der Waals surface area contributed by atoms with Gasteiger partial charge in [0, 0.05) is 36.3 Å². The van der Waals surface area contributed by atoms with E-state index in [1.165, 1.54) is 12.1 Å². The molecule has 2 heterocycles. The van der Waals surface area contributed by atoms with Crippen LogP contribution in [-0.4, -0.2) is 15.0 Å². The SMILES string of the molecule is Fc1cccc(Nc2cc(NCc3cccnc3)nc(-c3ccccc3)n2)c1. The quantitative estimate of drug-likeness (QED) is 0.497. The van der Waals surface area contributed by atoms with Crippen molar-refractivity contribution in [2.45, 2.75) is 6.54 Å². The van der Waals surface area contributed by atoms with Crippen LogP contribution in [0.2, 0.25) is 0 Å². The second kappa shape index (κ2) is 8.26. The average Bonchev–Trinajstić information content (AvgIpc) is 2.74. The van der Waals surface area contributed by atoms with Crippen LogP contribution in [0.3, 0.4) is 0 Å². The van der Waals surface area contributed by atoms with Crippen molar-refractivity contribution in [1.82, 2.24) is 15.0 Å². The molecule has 0 saturated heterocycles. The van der Waals surface area contributed by atoms with E-state index in [2.05, 4.69) is 25.6 Å². The molecule has 2 N–H and O–H groups in total. The summed E-state index contributed by atoms with van der Waals surface area (Å²) in [6.07, 6.45) is 3.54. The number of halogens is 1. The number of rotatable bonds is 6. The van der Waals surface area contributed by atoms with Gasteiger partial charge in [-0.3, -0.25) is 4.98 Å². The van der Waals surface area contributed by atoms with Crippen LogP contribution in [-0.2, 0) is 6.54 Å². The Morgan fingerprint density at radius 1 is 0.821 bits per heavy atom. The Morgan fingerprint density at radius 3 is 2.46 bits per heavy atom. The molecule has 0 aliphatic heterocycles. The lowest BCUT2D eigenvalue weighted by Gasteiger charge is -2.12. The number of anilines is 3. The van der Waals surface area contributed by atoms with E-state index in [1.807, 2.05) is 42.5 Å². The van der Waals surface area contributed by atoms with Gasteiger partial charge < -0.3 is 10.6 Å². The van der Waals surface area contributed by atoms with E-state index >= 15 is 0 Å². The van der Waals surface area contributed by atoms with Crippen LogP contribution in [0.25, 0.3) is 11.4 Å². The standard InChI is InChI=1S/C22H18FN5/c23-18-9-4-10-19(12-18)26-21-13-20(25-15-16-6-5-11-24-14-16)27-22(28-21)17-7-2-1-3-8-17/h1-14H,15H2,(H2,25,26,27,28). The van der Waals surface area contributed by atoms with Crippen LogP contribution in [0, 0.1) is 5.82 Å². The van der Waals surface area contributed by atoms with Crippen LogP contribution >= 0.6 is 0 Å². The van der Waals surface area contributed by atoms with E-state index in [1.54, 1.807) is 30.6 Å². The Labute approximate surface area is 162 Å². The molecule has 0 spiro atoms. The molecule has 28 heavy (non-hydrogen) atoms. The second-order valence-electron chi connectivity index (χ2n) is 6.18. The topological polar surface area (TPSA) is 62.7 Å². The van der Waals surface area contributed by atoms with Gasteiger partial charge in [0.2, 0.25) is 0 Å². The minimum Gasteiger partial charge on any atom is -0.366 e. The molecule has 0 bridgehead atoms. The third-order valence-corrected chi connectivity index (χ3v) is 4.05. The Balaban J connectivity index is 1.64. The maximum Gasteiger partial charge on any atom is 0.163 e. The zero-order chi connectivity index (χ0) is 19.2. The van der Waals surface area contributed by atoms with Gasteiger partial charge in [-0.25, -0.2) is 14.4 Å². The van der Waals surface area contributed by atoms with Crippen molar-refractivity contribution in [2.75, 3.05) is 10.6 Å². The van der Waals surface area contributed by atoms with Gasteiger partial charge in [-0.15, -0.1) is 0 Å². The highest BCUT2D eigenvalue weighted by Gasteiger charge is 2.08. The molecule has 0 aliphatic carbocycles. The highest BCUT2D eigenvalue weighted by molar-refractivity contribution is 5.65. The summed E-state index contributed by atoms with van der Waals surface area (Å²) in [4.78, 5) is 13.3. The van der Waals surface area contributed by atoms with Crippen LogP contribution in [0.5, 0.6) is 0 Å². The molecule has 6 heteroatoms. The zero-order valence-corrected chi connectivity index (χ0v) is 15.0. The van der Waals surface area contributed by atoms with Crippen molar-refractivity contribution in [3.63, 3.8) is 0 Å². The summed E-state index contributed by atoms with van der Waals surface area (Å²) in [6, 6.07) is 21.7. The number of benzene rings is 2. The first-order valence-corrected chi connectivity index (χ1v) is 8.86. The first-order chi connectivity index (χ1) is 13.8. The first kappa shape index (κ1) is 17.6. The lowest BCUT2D eigenvalue weighted by atomic mass is 10.2. The Morgan fingerprint density at radius 2 is 1.68 bits per heavy atom. The van der Waals surface area contributed by atoms with Gasteiger partial charge >= 0.3 is 0 Å². The molecule has 5 nitrogen and oxygen atoms in total. The summed E-state index contributed by atoms with van der Waals surface area (Å²) in [5.41, 5.74) is 2.56. The zero-order valence-electron chi connectivity index (χ0n) is 15.0. The molecule has 4 aromatic rings. The lowest BCUT2D eigenvalue weighted by molar-refractivity contribution is 0.628. The van der Waals surface area contributed by atoms with Gasteiger partial charge in [0.05, 0.1) is 0 Å². The van der Waals surface area contributed by atoms with E-state index in [0.29, 0.717) is 29.7 Å². The largest absolute Gasteiger partial charge is 0.366 e. The minimum absolute atomic E-state index is 0.308. The van der Waals surface area contributed by atoms with Crippen molar-refractivity contribution in [3.05, 3.63) is 96.6 Å². The maximum absolute atomic E-state index is 13.5. The second-order valence-corrected chi connectivity index (χ2v) is 6.18.